The average molecular weight is 432 g/mol. The van der Waals surface area contributed by atoms with Gasteiger partial charge in [0.25, 0.3) is 5.91 Å². The number of hydrogen-bond acceptors (Lipinski definition) is 7. The van der Waals surface area contributed by atoms with Gasteiger partial charge in [0.05, 0.1) is 31.0 Å². The van der Waals surface area contributed by atoms with Crippen molar-refractivity contribution in [3.8, 4) is 5.75 Å². The number of carbonyl (C=O) groups excluding carboxylic acids is 1. The maximum atomic E-state index is 13.0. The van der Waals surface area contributed by atoms with Gasteiger partial charge in [-0.15, -0.1) is 11.3 Å². The molecule has 162 valence electrons. The molecule has 2 aliphatic heterocycles. The minimum atomic E-state index is 0.0128. The van der Waals surface area contributed by atoms with Crippen molar-refractivity contribution in [2.45, 2.75) is 25.5 Å². The standard InChI is InChI=1S/C22H29N3O4S/c26-22(21-14-23-17-30-21)25(16-20-2-1-10-28-20)15-18-3-5-19(6-4-18)29-13-9-24-7-11-27-12-8-24/h3-6,14,17,20H,1-2,7-13,15-16H2. The Bertz CT molecular complexity index is 772. The second-order valence-electron chi connectivity index (χ2n) is 7.63. The Morgan fingerprint density at radius 1 is 1.23 bits per heavy atom. The number of carbonyl (C=O) groups is 1. The molecule has 1 amide bonds. The number of rotatable bonds is 9. The predicted octanol–water partition coefficient (Wildman–Crippen LogP) is 2.68. The van der Waals surface area contributed by atoms with E-state index in [0.29, 0.717) is 24.6 Å². The Kier molecular flexibility index (Phi) is 7.69. The summed E-state index contributed by atoms with van der Waals surface area (Å²) in [5.41, 5.74) is 2.77. The predicted molar refractivity (Wildman–Crippen MR) is 115 cm³/mol. The van der Waals surface area contributed by atoms with Crippen LogP contribution in [0.5, 0.6) is 5.75 Å². The molecule has 4 rings (SSSR count). The van der Waals surface area contributed by atoms with E-state index in [1.807, 2.05) is 29.2 Å². The molecular formula is C22H29N3O4S. The fourth-order valence-electron chi connectivity index (χ4n) is 3.76. The van der Waals surface area contributed by atoms with Crippen molar-refractivity contribution in [3.05, 3.63) is 46.4 Å². The molecule has 2 aliphatic rings. The number of benzene rings is 1. The van der Waals surface area contributed by atoms with Crippen LogP contribution in [-0.4, -0.2) is 79.4 Å². The highest BCUT2D eigenvalue weighted by Gasteiger charge is 2.24. The summed E-state index contributed by atoms with van der Waals surface area (Å²) in [4.78, 5) is 21.9. The van der Waals surface area contributed by atoms with Gasteiger partial charge in [0.1, 0.15) is 17.2 Å². The maximum absolute atomic E-state index is 13.0. The third kappa shape index (κ3) is 6.01. The summed E-state index contributed by atoms with van der Waals surface area (Å²) in [6, 6.07) is 8.03. The molecule has 0 N–H and O–H groups in total. The SMILES string of the molecule is O=C(c1cncs1)N(Cc1ccc(OCCN2CCOCC2)cc1)CC1CCCO1. The molecule has 0 radical (unpaired) electrons. The highest BCUT2D eigenvalue weighted by molar-refractivity contribution is 7.11. The van der Waals surface area contributed by atoms with Crippen LogP contribution in [0.4, 0.5) is 0 Å². The summed E-state index contributed by atoms with van der Waals surface area (Å²) in [7, 11) is 0. The lowest BCUT2D eigenvalue weighted by molar-refractivity contribution is 0.0322. The van der Waals surface area contributed by atoms with Crippen LogP contribution < -0.4 is 4.74 Å². The Labute approximate surface area is 181 Å². The molecule has 30 heavy (non-hydrogen) atoms. The van der Waals surface area contributed by atoms with Gasteiger partial charge in [0.15, 0.2) is 0 Å². The zero-order valence-electron chi connectivity index (χ0n) is 17.2. The summed E-state index contributed by atoms with van der Waals surface area (Å²) in [6.45, 7) is 7.04. The second-order valence-corrected chi connectivity index (χ2v) is 8.52. The molecule has 1 atom stereocenters. The highest BCUT2D eigenvalue weighted by Crippen LogP contribution is 2.20. The Morgan fingerprint density at radius 2 is 2.07 bits per heavy atom. The van der Waals surface area contributed by atoms with Gasteiger partial charge in [-0.1, -0.05) is 12.1 Å². The molecule has 0 saturated carbocycles. The van der Waals surface area contributed by atoms with Crippen molar-refractivity contribution in [2.24, 2.45) is 0 Å². The van der Waals surface area contributed by atoms with E-state index in [1.54, 1.807) is 11.7 Å². The maximum Gasteiger partial charge on any atom is 0.265 e. The van der Waals surface area contributed by atoms with Crippen LogP contribution in [0.2, 0.25) is 0 Å². The van der Waals surface area contributed by atoms with Crippen LogP contribution in [0.3, 0.4) is 0 Å². The van der Waals surface area contributed by atoms with Gasteiger partial charge >= 0.3 is 0 Å². The van der Waals surface area contributed by atoms with Gasteiger partial charge in [-0.2, -0.15) is 0 Å². The van der Waals surface area contributed by atoms with Gasteiger partial charge in [-0.25, -0.2) is 0 Å². The van der Waals surface area contributed by atoms with Gasteiger partial charge in [-0.3, -0.25) is 14.7 Å². The van der Waals surface area contributed by atoms with Crippen LogP contribution in [0, 0.1) is 0 Å². The van der Waals surface area contributed by atoms with Crippen LogP contribution in [0.1, 0.15) is 28.1 Å². The van der Waals surface area contributed by atoms with E-state index in [2.05, 4.69) is 9.88 Å². The largest absolute Gasteiger partial charge is 0.492 e. The summed E-state index contributed by atoms with van der Waals surface area (Å²) in [6.07, 6.45) is 3.82. The van der Waals surface area contributed by atoms with Gasteiger partial charge < -0.3 is 19.1 Å². The van der Waals surface area contributed by atoms with E-state index in [-0.39, 0.29) is 12.0 Å². The quantitative estimate of drug-likeness (QED) is 0.608. The first-order chi connectivity index (χ1) is 14.8. The fourth-order valence-corrected chi connectivity index (χ4v) is 4.35. The molecule has 1 unspecified atom stereocenters. The molecule has 7 nitrogen and oxygen atoms in total. The van der Waals surface area contributed by atoms with Crippen LogP contribution >= 0.6 is 11.3 Å². The lowest BCUT2D eigenvalue weighted by Crippen LogP contribution is -2.38. The van der Waals surface area contributed by atoms with Crippen molar-refractivity contribution in [1.82, 2.24) is 14.8 Å². The van der Waals surface area contributed by atoms with Crippen LogP contribution in [0.25, 0.3) is 0 Å². The van der Waals surface area contributed by atoms with Gasteiger partial charge in [0, 0.05) is 39.3 Å². The molecule has 2 aromatic rings. The first-order valence-corrected chi connectivity index (χ1v) is 11.5. The molecule has 0 aliphatic carbocycles. The zero-order chi connectivity index (χ0) is 20.6. The van der Waals surface area contributed by atoms with Gasteiger partial charge in [-0.05, 0) is 30.5 Å². The second kappa shape index (κ2) is 10.9. The lowest BCUT2D eigenvalue weighted by atomic mass is 10.1. The monoisotopic (exact) mass is 431 g/mol. The van der Waals surface area contributed by atoms with E-state index >= 15 is 0 Å². The van der Waals surface area contributed by atoms with Crippen LogP contribution in [0.15, 0.2) is 36.0 Å². The molecule has 0 bridgehead atoms. The van der Waals surface area contributed by atoms with E-state index in [0.717, 1.165) is 63.6 Å². The van der Waals surface area contributed by atoms with Crippen molar-refractivity contribution < 1.29 is 19.0 Å². The summed E-state index contributed by atoms with van der Waals surface area (Å²) >= 11 is 1.38. The molecular weight excluding hydrogens is 402 g/mol. The lowest BCUT2D eigenvalue weighted by Gasteiger charge is -2.26. The molecule has 8 heteroatoms. The van der Waals surface area contributed by atoms with E-state index in [9.17, 15) is 4.79 Å². The minimum Gasteiger partial charge on any atom is -0.492 e. The zero-order valence-corrected chi connectivity index (χ0v) is 18.0. The molecule has 3 heterocycles. The topological polar surface area (TPSA) is 64.1 Å². The van der Waals surface area contributed by atoms with Crippen molar-refractivity contribution in [1.29, 1.82) is 0 Å². The number of thiazole rings is 1. The van der Waals surface area contributed by atoms with Crippen molar-refractivity contribution in [3.63, 3.8) is 0 Å². The number of hydrogen-bond donors (Lipinski definition) is 0. The average Bonchev–Trinajstić information content (AvgIpc) is 3.49. The highest BCUT2D eigenvalue weighted by atomic mass is 32.1. The number of nitrogens with zero attached hydrogens (tertiary/aromatic N) is 3. The third-order valence-corrected chi connectivity index (χ3v) is 6.22. The number of ether oxygens (including phenoxy) is 3. The molecule has 2 fully saturated rings. The Morgan fingerprint density at radius 3 is 2.77 bits per heavy atom. The smallest absolute Gasteiger partial charge is 0.265 e. The Balaban J connectivity index is 1.32. The van der Waals surface area contributed by atoms with E-state index in [1.165, 1.54) is 11.3 Å². The third-order valence-electron chi connectivity index (χ3n) is 5.46. The van der Waals surface area contributed by atoms with E-state index < -0.39 is 0 Å². The number of amides is 1. The summed E-state index contributed by atoms with van der Waals surface area (Å²) in [5.74, 6) is 0.866. The van der Waals surface area contributed by atoms with Gasteiger partial charge in [0.2, 0.25) is 0 Å². The number of aromatic nitrogens is 1. The molecule has 2 saturated heterocycles. The minimum absolute atomic E-state index is 0.0128. The number of morpholine rings is 1. The fraction of sp³-hybridized carbons (Fsp3) is 0.545. The normalized spacial score (nSPS) is 19.7. The first kappa shape index (κ1) is 21.2. The van der Waals surface area contributed by atoms with Crippen molar-refractivity contribution >= 4 is 17.2 Å². The molecule has 1 aromatic carbocycles. The summed E-state index contributed by atoms with van der Waals surface area (Å²) in [5, 5.41) is 0. The van der Waals surface area contributed by atoms with Crippen molar-refractivity contribution in [2.75, 3.05) is 52.6 Å². The Hall–Kier alpha value is -2.00. The first-order valence-electron chi connectivity index (χ1n) is 10.6. The molecule has 1 aromatic heterocycles. The summed E-state index contributed by atoms with van der Waals surface area (Å²) < 4.78 is 17.0. The molecule has 0 spiro atoms. The van der Waals surface area contributed by atoms with E-state index in [4.69, 9.17) is 14.2 Å². The van der Waals surface area contributed by atoms with Crippen LogP contribution in [-0.2, 0) is 16.0 Å².